The Balaban J connectivity index is 1.28. The van der Waals surface area contributed by atoms with Crippen LogP contribution in [0.25, 0.3) is 22.3 Å². The molecule has 0 amide bonds. The molecular weight excluding hydrogens is 615 g/mol. The molecule has 0 saturated heterocycles. The lowest BCUT2D eigenvalue weighted by Crippen LogP contribution is -2.34. The van der Waals surface area contributed by atoms with E-state index in [2.05, 4.69) is 156 Å². The predicted octanol–water partition coefficient (Wildman–Crippen LogP) is 14.0. The van der Waals surface area contributed by atoms with Gasteiger partial charge in [-0.3, -0.25) is 0 Å². The summed E-state index contributed by atoms with van der Waals surface area (Å²) >= 11 is 0. The topological polar surface area (TPSA) is 3.24 Å². The van der Waals surface area contributed by atoms with Crippen LogP contribution >= 0.6 is 0 Å². The normalized spacial score (nSPS) is 24.2. The van der Waals surface area contributed by atoms with Gasteiger partial charge in [-0.15, -0.1) is 0 Å². The molecule has 4 atom stereocenters. The Bertz CT molecular complexity index is 2100. The molecule has 0 radical (unpaired) electrons. The Hall–Kier alpha value is -4.10. The first-order valence-corrected chi connectivity index (χ1v) is 20.0. The summed E-state index contributed by atoms with van der Waals surface area (Å²) in [6, 6.07) is 43.0. The summed E-state index contributed by atoms with van der Waals surface area (Å²) < 4.78 is 0. The predicted molar refractivity (Wildman–Crippen MR) is 217 cm³/mol. The third-order valence-electron chi connectivity index (χ3n) is 13.9. The van der Waals surface area contributed by atoms with E-state index in [-0.39, 0.29) is 16.2 Å². The number of rotatable bonds is 4. The first kappa shape index (κ1) is 32.8. The number of benzene rings is 5. The second-order valence-electron chi connectivity index (χ2n) is 17.9. The molecule has 5 aromatic rings. The van der Waals surface area contributed by atoms with E-state index in [4.69, 9.17) is 0 Å². The number of nitrogens with zero attached hydrogens (tertiary/aromatic N) is 1. The SMILES string of the molecule is CCC1C[C@@H](C)C[C@@]2(c3ccccc3-c3c(N(c4ccc(C(C)(C)C)cc4)c4ccc5c(c4)C4(CCCC4)c4ccccc4-5)cccc32)[C@@H](C)C1. The molecule has 0 heterocycles. The van der Waals surface area contributed by atoms with Crippen LogP contribution in [0.3, 0.4) is 0 Å². The van der Waals surface area contributed by atoms with Gasteiger partial charge in [0.25, 0.3) is 0 Å². The van der Waals surface area contributed by atoms with Gasteiger partial charge in [-0.05, 0) is 130 Å². The Kier molecular flexibility index (Phi) is 7.70. The van der Waals surface area contributed by atoms with Gasteiger partial charge in [-0.25, -0.2) is 0 Å². The lowest BCUT2D eigenvalue weighted by Gasteiger charge is -2.39. The zero-order valence-electron chi connectivity index (χ0n) is 31.7. The van der Waals surface area contributed by atoms with Crippen LogP contribution in [0.5, 0.6) is 0 Å². The highest BCUT2D eigenvalue weighted by Crippen LogP contribution is 2.62. The fourth-order valence-electron chi connectivity index (χ4n) is 11.5. The molecule has 0 aromatic heterocycles. The number of anilines is 3. The average molecular weight is 670 g/mol. The number of hydrogen-bond donors (Lipinski definition) is 0. The highest BCUT2D eigenvalue weighted by Gasteiger charge is 2.51. The number of hydrogen-bond acceptors (Lipinski definition) is 1. The van der Waals surface area contributed by atoms with Crippen LogP contribution in [0.15, 0.2) is 109 Å². The van der Waals surface area contributed by atoms with E-state index >= 15 is 0 Å². The van der Waals surface area contributed by atoms with Gasteiger partial charge in [0, 0.05) is 27.8 Å². The molecule has 0 bridgehead atoms. The fraction of sp³-hybridized carbons (Fsp3) is 0.400. The largest absolute Gasteiger partial charge is 0.310 e. The van der Waals surface area contributed by atoms with Crippen LogP contribution < -0.4 is 4.90 Å². The fourth-order valence-corrected chi connectivity index (χ4v) is 11.5. The maximum atomic E-state index is 2.62. The molecule has 260 valence electrons. The van der Waals surface area contributed by atoms with Gasteiger partial charge < -0.3 is 4.90 Å². The second kappa shape index (κ2) is 12.0. The van der Waals surface area contributed by atoms with E-state index in [9.17, 15) is 0 Å². The smallest absolute Gasteiger partial charge is 0.0543 e. The minimum absolute atomic E-state index is 0.0283. The third kappa shape index (κ3) is 4.86. The lowest BCUT2D eigenvalue weighted by molar-refractivity contribution is 0.296. The Morgan fingerprint density at radius 1 is 0.647 bits per heavy atom. The number of fused-ring (bicyclic) bond motifs is 10. The molecule has 4 aliphatic rings. The highest BCUT2D eigenvalue weighted by molar-refractivity contribution is 5.96. The molecule has 4 aliphatic carbocycles. The van der Waals surface area contributed by atoms with Crippen molar-refractivity contribution in [2.45, 2.75) is 109 Å². The Morgan fingerprint density at radius 3 is 2.02 bits per heavy atom. The summed E-state index contributed by atoms with van der Waals surface area (Å²) in [5, 5.41) is 0. The molecule has 0 N–H and O–H groups in total. The van der Waals surface area contributed by atoms with Gasteiger partial charge in [0.15, 0.2) is 0 Å². The van der Waals surface area contributed by atoms with E-state index in [1.54, 1.807) is 16.7 Å². The molecular formula is C50H55N. The van der Waals surface area contributed by atoms with Crippen molar-refractivity contribution in [3.8, 4) is 22.3 Å². The van der Waals surface area contributed by atoms with Crippen molar-refractivity contribution in [1.82, 2.24) is 0 Å². The third-order valence-corrected chi connectivity index (χ3v) is 13.9. The summed E-state index contributed by atoms with van der Waals surface area (Å²) in [6.45, 7) is 14.5. The highest BCUT2D eigenvalue weighted by atomic mass is 15.1. The van der Waals surface area contributed by atoms with Crippen molar-refractivity contribution in [1.29, 1.82) is 0 Å². The first-order chi connectivity index (χ1) is 24.7. The van der Waals surface area contributed by atoms with Crippen LogP contribution in [0.2, 0.25) is 0 Å². The van der Waals surface area contributed by atoms with Gasteiger partial charge in [-0.2, -0.15) is 0 Å². The molecule has 9 rings (SSSR count). The maximum absolute atomic E-state index is 2.62. The summed E-state index contributed by atoms with van der Waals surface area (Å²) in [5.74, 6) is 2.06. The quantitative estimate of drug-likeness (QED) is 0.184. The molecule has 1 heteroatoms. The van der Waals surface area contributed by atoms with Crippen LogP contribution in [0, 0.1) is 17.8 Å². The van der Waals surface area contributed by atoms with Gasteiger partial charge in [0.2, 0.25) is 0 Å². The van der Waals surface area contributed by atoms with Crippen molar-refractivity contribution >= 4 is 17.1 Å². The minimum atomic E-state index is 0.0283. The molecule has 51 heavy (non-hydrogen) atoms. The van der Waals surface area contributed by atoms with Gasteiger partial charge in [-0.1, -0.05) is 140 Å². The van der Waals surface area contributed by atoms with E-state index < -0.39 is 0 Å². The van der Waals surface area contributed by atoms with Crippen molar-refractivity contribution in [3.63, 3.8) is 0 Å². The first-order valence-electron chi connectivity index (χ1n) is 20.0. The minimum Gasteiger partial charge on any atom is -0.310 e. The zero-order valence-corrected chi connectivity index (χ0v) is 31.7. The van der Waals surface area contributed by atoms with Gasteiger partial charge in [0.05, 0.1) is 5.69 Å². The molecule has 2 saturated carbocycles. The monoisotopic (exact) mass is 669 g/mol. The maximum Gasteiger partial charge on any atom is 0.0543 e. The molecule has 1 unspecified atom stereocenters. The van der Waals surface area contributed by atoms with Crippen molar-refractivity contribution in [3.05, 3.63) is 137 Å². The van der Waals surface area contributed by atoms with Crippen molar-refractivity contribution in [2.75, 3.05) is 4.90 Å². The molecule has 1 nitrogen and oxygen atoms in total. The summed E-state index contributed by atoms with van der Waals surface area (Å²) in [4.78, 5) is 2.62. The molecule has 2 fully saturated rings. The van der Waals surface area contributed by atoms with Crippen LogP contribution in [-0.4, -0.2) is 0 Å². The summed E-state index contributed by atoms with van der Waals surface area (Å²) in [5.41, 5.74) is 17.4. The van der Waals surface area contributed by atoms with Crippen molar-refractivity contribution < 1.29 is 0 Å². The molecule has 0 aliphatic heterocycles. The Labute approximate surface area is 307 Å². The Morgan fingerprint density at radius 2 is 1.29 bits per heavy atom. The van der Waals surface area contributed by atoms with Gasteiger partial charge in [0.1, 0.15) is 0 Å². The zero-order chi connectivity index (χ0) is 35.1. The lowest BCUT2D eigenvalue weighted by atomic mass is 9.65. The van der Waals surface area contributed by atoms with E-state index in [0.717, 1.165) is 5.92 Å². The van der Waals surface area contributed by atoms with Gasteiger partial charge >= 0.3 is 0 Å². The van der Waals surface area contributed by atoms with E-state index in [0.29, 0.717) is 11.8 Å². The second-order valence-corrected chi connectivity index (χ2v) is 17.9. The standard InChI is InChI=1S/C50H55N/c1-7-35-29-33(2)32-50(34(3)30-35)43-18-11-9-16-41(43)47-44(50)19-14-20-46(47)51(37-23-21-36(22-24-37)48(4,5)6)38-25-26-40-39-15-8-10-17-42(39)49(45(40)31-38)27-12-13-28-49/h8-11,14-26,31,33-35H,7,12-13,27-30,32H2,1-6H3/t33-,34+,35?,50+/m1/s1. The molecule has 5 aromatic carbocycles. The van der Waals surface area contributed by atoms with Crippen LogP contribution in [0.4, 0.5) is 17.1 Å². The van der Waals surface area contributed by atoms with E-state index in [1.807, 2.05) is 0 Å². The van der Waals surface area contributed by atoms with E-state index in [1.165, 1.54) is 102 Å². The van der Waals surface area contributed by atoms with Crippen LogP contribution in [-0.2, 0) is 16.2 Å². The summed E-state index contributed by atoms with van der Waals surface area (Å²) in [7, 11) is 0. The van der Waals surface area contributed by atoms with Crippen LogP contribution in [0.1, 0.15) is 121 Å². The summed E-state index contributed by atoms with van der Waals surface area (Å²) in [6.07, 6.45) is 10.2. The van der Waals surface area contributed by atoms with Crippen molar-refractivity contribution in [2.24, 2.45) is 17.8 Å². The molecule has 2 spiro atoms. The average Bonchev–Trinajstić information content (AvgIpc) is 3.79.